The van der Waals surface area contributed by atoms with Gasteiger partial charge in [0.2, 0.25) is 0 Å². The van der Waals surface area contributed by atoms with Crippen LogP contribution in [0.1, 0.15) is 179 Å². The summed E-state index contributed by atoms with van der Waals surface area (Å²) in [4.78, 5) is 0. The normalized spacial score (nSPS) is 11.4. The van der Waals surface area contributed by atoms with E-state index in [2.05, 4.69) is 32.0 Å². The van der Waals surface area contributed by atoms with Gasteiger partial charge in [-0.2, -0.15) is 0 Å². The molecule has 35 heavy (non-hydrogen) atoms. The third kappa shape index (κ3) is 18.9. The van der Waals surface area contributed by atoms with E-state index in [1.165, 1.54) is 178 Å². The quantitative estimate of drug-likeness (QED) is 0.102. The number of hydrogen-bond donors (Lipinski definition) is 1. The van der Waals surface area contributed by atoms with E-state index in [0.717, 1.165) is 5.69 Å². The Bertz CT molecular complexity index is 564. The SMILES string of the molecule is CCCCCCCCCCCCCCc1cccc(N)c1CCCCCCCCCCCCCC. The van der Waals surface area contributed by atoms with Crippen molar-refractivity contribution in [3.05, 3.63) is 29.3 Å². The van der Waals surface area contributed by atoms with Gasteiger partial charge in [-0.25, -0.2) is 0 Å². The number of unbranched alkanes of at least 4 members (excludes halogenated alkanes) is 22. The van der Waals surface area contributed by atoms with Crippen molar-refractivity contribution in [2.24, 2.45) is 0 Å². The second kappa shape index (κ2) is 24.7. The summed E-state index contributed by atoms with van der Waals surface area (Å²) in [5.41, 5.74) is 10.4. The van der Waals surface area contributed by atoms with Crippen molar-refractivity contribution < 1.29 is 0 Å². The van der Waals surface area contributed by atoms with Crippen LogP contribution in [0.4, 0.5) is 5.69 Å². The standard InChI is InChI=1S/C34H63N/c1-3-5-7-9-11-13-15-17-19-21-23-25-28-32-29-27-31-34(35)33(32)30-26-24-22-20-18-16-14-12-10-8-6-4-2/h27,29,31H,3-26,28,30,35H2,1-2H3. The topological polar surface area (TPSA) is 26.0 Å². The summed E-state index contributed by atoms with van der Waals surface area (Å²) in [5, 5.41) is 0. The number of anilines is 1. The van der Waals surface area contributed by atoms with Gasteiger partial charge in [0.25, 0.3) is 0 Å². The number of hydrogen-bond acceptors (Lipinski definition) is 1. The van der Waals surface area contributed by atoms with Gasteiger partial charge >= 0.3 is 0 Å². The van der Waals surface area contributed by atoms with Crippen LogP contribution in [0, 0.1) is 0 Å². The second-order valence-electron chi connectivity index (χ2n) is 11.3. The van der Waals surface area contributed by atoms with Crippen LogP contribution < -0.4 is 5.73 Å². The molecular weight excluding hydrogens is 422 g/mol. The Labute approximate surface area is 221 Å². The Morgan fingerprint density at radius 2 is 0.771 bits per heavy atom. The first-order valence-corrected chi connectivity index (χ1v) is 16.2. The molecular formula is C34H63N. The number of nitrogen functional groups attached to an aromatic ring is 1. The largest absolute Gasteiger partial charge is 0.398 e. The zero-order valence-electron chi connectivity index (χ0n) is 24.2. The van der Waals surface area contributed by atoms with E-state index in [0.29, 0.717) is 0 Å². The van der Waals surface area contributed by atoms with Crippen molar-refractivity contribution >= 4 is 5.69 Å². The summed E-state index contributed by atoms with van der Waals surface area (Å²) in [5.74, 6) is 0. The van der Waals surface area contributed by atoms with Crippen LogP contribution >= 0.6 is 0 Å². The molecule has 0 unspecified atom stereocenters. The van der Waals surface area contributed by atoms with Gasteiger partial charge < -0.3 is 5.73 Å². The zero-order valence-corrected chi connectivity index (χ0v) is 24.2. The molecule has 0 amide bonds. The summed E-state index contributed by atoms with van der Waals surface area (Å²) in [6.45, 7) is 4.60. The van der Waals surface area contributed by atoms with E-state index in [9.17, 15) is 0 Å². The van der Waals surface area contributed by atoms with E-state index >= 15 is 0 Å². The molecule has 0 bridgehead atoms. The van der Waals surface area contributed by atoms with Crippen molar-refractivity contribution in [1.82, 2.24) is 0 Å². The van der Waals surface area contributed by atoms with Gasteiger partial charge in [0.05, 0.1) is 0 Å². The highest BCUT2D eigenvalue weighted by Crippen LogP contribution is 2.23. The Balaban J connectivity index is 2.05. The van der Waals surface area contributed by atoms with Crippen LogP contribution in [0.25, 0.3) is 0 Å². The average Bonchev–Trinajstić information content (AvgIpc) is 2.86. The van der Waals surface area contributed by atoms with Gasteiger partial charge in [-0.05, 0) is 42.9 Å². The summed E-state index contributed by atoms with van der Waals surface area (Å²) >= 11 is 0. The van der Waals surface area contributed by atoms with Gasteiger partial charge in [-0.1, -0.05) is 167 Å². The molecule has 0 fully saturated rings. The maximum atomic E-state index is 6.40. The summed E-state index contributed by atoms with van der Waals surface area (Å²) in [6, 6.07) is 6.61. The first-order chi connectivity index (χ1) is 17.3. The molecule has 0 aliphatic rings. The van der Waals surface area contributed by atoms with Crippen molar-refractivity contribution in [2.75, 3.05) is 5.73 Å². The Kier molecular flexibility index (Phi) is 22.6. The fourth-order valence-corrected chi connectivity index (χ4v) is 5.49. The molecule has 0 aliphatic carbocycles. The first-order valence-electron chi connectivity index (χ1n) is 16.2. The Morgan fingerprint density at radius 1 is 0.429 bits per heavy atom. The van der Waals surface area contributed by atoms with Crippen molar-refractivity contribution in [3.63, 3.8) is 0 Å². The zero-order chi connectivity index (χ0) is 25.2. The van der Waals surface area contributed by atoms with E-state index in [4.69, 9.17) is 5.73 Å². The molecule has 0 aromatic heterocycles. The Hall–Kier alpha value is -0.980. The maximum Gasteiger partial charge on any atom is 0.0349 e. The first kappa shape index (κ1) is 32.0. The highest BCUT2D eigenvalue weighted by atomic mass is 14.6. The number of rotatable bonds is 26. The molecule has 1 nitrogen and oxygen atoms in total. The third-order valence-corrected chi connectivity index (χ3v) is 7.89. The minimum atomic E-state index is 1.03. The molecule has 204 valence electrons. The van der Waals surface area contributed by atoms with Gasteiger partial charge in [0.15, 0.2) is 0 Å². The predicted molar refractivity (Wildman–Crippen MR) is 160 cm³/mol. The van der Waals surface area contributed by atoms with Crippen molar-refractivity contribution in [3.8, 4) is 0 Å². The second-order valence-corrected chi connectivity index (χ2v) is 11.3. The van der Waals surface area contributed by atoms with Crippen LogP contribution in [0.3, 0.4) is 0 Å². The van der Waals surface area contributed by atoms with Gasteiger partial charge in [-0.3, -0.25) is 0 Å². The van der Waals surface area contributed by atoms with E-state index in [1.54, 1.807) is 0 Å². The molecule has 0 heterocycles. The average molecular weight is 486 g/mol. The number of nitrogens with two attached hydrogens (primary N) is 1. The molecule has 1 rings (SSSR count). The van der Waals surface area contributed by atoms with Gasteiger partial charge in [0, 0.05) is 5.69 Å². The van der Waals surface area contributed by atoms with E-state index < -0.39 is 0 Å². The summed E-state index contributed by atoms with van der Waals surface area (Å²) in [6.07, 6.45) is 36.4. The molecule has 1 aromatic rings. The lowest BCUT2D eigenvalue weighted by molar-refractivity contribution is 0.542. The Morgan fingerprint density at radius 3 is 1.17 bits per heavy atom. The number of aryl methyl sites for hydroxylation is 1. The predicted octanol–water partition coefficient (Wildman–Crippen LogP) is 11.8. The van der Waals surface area contributed by atoms with E-state index in [1.807, 2.05) is 0 Å². The summed E-state index contributed by atoms with van der Waals surface area (Å²) < 4.78 is 0. The van der Waals surface area contributed by atoms with Gasteiger partial charge in [-0.15, -0.1) is 0 Å². The van der Waals surface area contributed by atoms with Crippen molar-refractivity contribution in [2.45, 2.75) is 181 Å². The summed E-state index contributed by atoms with van der Waals surface area (Å²) in [7, 11) is 0. The monoisotopic (exact) mass is 485 g/mol. The maximum absolute atomic E-state index is 6.40. The molecule has 2 N–H and O–H groups in total. The van der Waals surface area contributed by atoms with Crippen molar-refractivity contribution in [1.29, 1.82) is 0 Å². The molecule has 0 aliphatic heterocycles. The number of benzene rings is 1. The van der Waals surface area contributed by atoms with Crippen LogP contribution in [-0.4, -0.2) is 0 Å². The van der Waals surface area contributed by atoms with Crippen LogP contribution in [0.5, 0.6) is 0 Å². The van der Waals surface area contributed by atoms with E-state index in [-0.39, 0.29) is 0 Å². The smallest absolute Gasteiger partial charge is 0.0349 e. The fourth-order valence-electron chi connectivity index (χ4n) is 5.49. The molecule has 0 radical (unpaired) electrons. The van der Waals surface area contributed by atoms with Crippen LogP contribution in [0.2, 0.25) is 0 Å². The van der Waals surface area contributed by atoms with Gasteiger partial charge in [0.1, 0.15) is 0 Å². The lowest BCUT2D eigenvalue weighted by atomic mass is 9.95. The third-order valence-electron chi connectivity index (χ3n) is 7.89. The van der Waals surface area contributed by atoms with Crippen LogP contribution in [-0.2, 0) is 12.8 Å². The highest BCUT2D eigenvalue weighted by molar-refractivity contribution is 5.51. The molecule has 1 heteroatoms. The minimum absolute atomic E-state index is 1.03. The molecule has 0 saturated heterocycles. The lowest BCUT2D eigenvalue weighted by Crippen LogP contribution is -2.01. The van der Waals surface area contributed by atoms with Crippen LogP contribution in [0.15, 0.2) is 18.2 Å². The fraction of sp³-hybridized carbons (Fsp3) is 0.824. The minimum Gasteiger partial charge on any atom is -0.398 e. The molecule has 0 spiro atoms. The molecule has 1 aromatic carbocycles. The lowest BCUT2D eigenvalue weighted by Gasteiger charge is -2.13. The molecule has 0 saturated carbocycles. The highest BCUT2D eigenvalue weighted by Gasteiger charge is 2.06. The molecule has 0 atom stereocenters.